The SMILES string of the molecule is CCCCCCCCCCCCCCCCCC(=O)O.[Ca].[Fe]. The Kier molecular flexibility index (Phi) is 31.3. The predicted molar refractivity (Wildman–Crippen MR) is 92.9 cm³/mol. The second-order valence-electron chi connectivity index (χ2n) is 6.09. The maximum absolute atomic E-state index is 10.3. The average Bonchev–Trinajstić information content (AvgIpc) is 2.43. The molecule has 2 nitrogen and oxygen atoms in total. The van der Waals surface area contributed by atoms with Crippen LogP contribution in [0.25, 0.3) is 0 Å². The van der Waals surface area contributed by atoms with Gasteiger partial charge in [-0.2, -0.15) is 0 Å². The molecule has 0 aliphatic rings. The third-order valence-electron chi connectivity index (χ3n) is 3.99. The first-order valence-corrected chi connectivity index (χ1v) is 8.99. The number of rotatable bonds is 16. The van der Waals surface area contributed by atoms with Crippen LogP contribution in [0, 0.1) is 0 Å². The van der Waals surface area contributed by atoms with Gasteiger partial charge in [-0.05, 0) is 6.42 Å². The molecule has 0 atom stereocenters. The Hall–Kier alpha value is 1.25. The molecule has 0 rings (SSSR count). The summed E-state index contributed by atoms with van der Waals surface area (Å²) in [5.74, 6) is -0.653. The molecule has 4 heteroatoms. The van der Waals surface area contributed by atoms with Crippen LogP contribution in [0.3, 0.4) is 0 Å². The van der Waals surface area contributed by atoms with Crippen molar-refractivity contribution >= 4 is 43.7 Å². The molecule has 0 fully saturated rings. The van der Waals surface area contributed by atoms with Gasteiger partial charge in [-0.25, -0.2) is 0 Å². The van der Waals surface area contributed by atoms with Crippen molar-refractivity contribution in [3.8, 4) is 0 Å². The van der Waals surface area contributed by atoms with Crippen molar-refractivity contribution < 1.29 is 27.0 Å². The van der Waals surface area contributed by atoms with Gasteiger partial charge in [0.2, 0.25) is 0 Å². The molecule has 2 radical (unpaired) electrons. The first-order valence-electron chi connectivity index (χ1n) is 8.99. The van der Waals surface area contributed by atoms with E-state index in [2.05, 4.69) is 6.92 Å². The molecule has 0 aliphatic carbocycles. The Morgan fingerprint density at radius 1 is 0.636 bits per heavy atom. The van der Waals surface area contributed by atoms with E-state index in [9.17, 15) is 4.79 Å². The molecule has 0 bridgehead atoms. The zero-order valence-corrected chi connectivity index (χ0v) is 18.0. The second-order valence-corrected chi connectivity index (χ2v) is 6.09. The van der Waals surface area contributed by atoms with Crippen LogP contribution in [0.15, 0.2) is 0 Å². The van der Waals surface area contributed by atoms with Gasteiger partial charge in [0.05, 0.1) is 0 Å². The Morgan fingerprint density at radius 2 is 0.909 bits per heavy atom. The summed E-state index contributed by atoms with van der Waals surface area (Å²) in [5, 5.41) is 8.52. The first-order chi connectivity index (χ1) is 9.77. The maximum Gasteiger partial charge on any atom is 0.303 e. The van der Waals surface area contributed by atoms with Crippen molar-refractivity contribution in [1.29, 1.82) is 0 Å². The summed E-state index contributed by atoms with van der Waals surface area (Å²) in [5.41, 5.74) is 0. The van der Waals surface area contributed by atoms with Gasteiger partial charge in [-0.3, -0.25) is 4.79 Å². The number of carboxylic acids is 1. The summed E-state index contributed by atoms with van der Waals surface area (Å²) in [4.78, 5) is 10.3. The number of aliphatic carboxylic acids is 1. The Bertz CT molecular complexity index is 213. The minimum atomic E-state index is -0.653. The summed E-state index contributed by atoms with van der Waals surface area (Å²) in [7, 11) is 0. The van der Waals surface area contributed by atoms with Crippen LogP contribution >= 0.6 is 0 Å². The maximum atomic E-state index is 10.3. The molecule has 0 saturated heterocycles. The zero-order chi connectivity index (χ0) is 14.9. The van der Waals surface area contributed by atoms with Gasteiger partial charge in [0.1, 0.15) is 0 Å². The van der Waals surface area contributed by atoms with Gasteiger partial charge in [0, 0.05) is 61.2 Å². The van der Waals surface area contributed by atoms with E-state index < -0.39 is 5.97 Å². The fraction of sp³-hybridized carbons (Fsp3) is 0.944. The molecular formula is C18H36CaFeO2. The number of unbranched alkanes of at least 4 members (excludes halogenated alkanes) is 14. The summed E-state index contributed by atoms with van der Waals surface area (Å²) >= 11 is 0. The monoisotopic (exact) mass is 380 g/mol. The van der Waals surface area contributed by atoms with Crippen LogP contribution in [-0.2, 0) is 21.9 Å². The fourth-order valence-electron chi connectivity index (χ4n) is 2.65. The van der Waals surface area contributed by atoms with Crippen LogP contribution < -0.4 is 0 Å². The van der Waals surface area contributed by atoms with Crippen molar-refractivity contribution in [2.45, 2.75) is 110 Å². The molecule has 0 aromatic carbocycles. The fourth-order valence-corrected chi connectivity index (χ4v) is 2.65. The van der Waals surface area contributed by atoms with Crippen LogP contribution in [0.1, 0.15) is 110 Å². The van der Waals surface area contributed by atoms with E-state index in [4.69, 9.17) is 5.11 Å². The van der Waals surface area contributed by atoms with Crippen molar-refractivity contribution in [1.82, 2.24) is 0 Å². The summed E-state index contributed by atoms with van der Waals surface area (Å²) in [6.45, 7) is 2.27. The van der Waals surface area contributed by atoms with E-state index in [-0.39, 0.29) is 54.8 Å². The summed E-state index contributed by atoms with van der Waals surface area (Å²) in [6, 6.07) is 0. The average molecular weight is 380 g/mol. The Balaban J connectivity index is -0.00000180. The van der Waals surface area contributed by atoms with Gasteiger partial charge in [0.15, 0.2) is 0 Å². The molecule has 0 aliphatic heterocycles. The minimum Gasteiger partial charge on any atom is -0.481 e. The smallest absolute Gasteiger partial charge is 0.303 e. The van der Waals surface area contributed by atoms with Crippen molar-refractivity contribution in [3.05, 3.63) is 0 Å². The topological polar surface area (TPSA) is 37.3 Å². The Morgan fingerprint density at radius 3 is 1.18 bits per heavy atom. The van der Waals surface area contributed by atoms with Crippen LogP contribution in [0.4, 0.5) is 0 Å². The largest absolute Gasteiger partial charge is 0.481 e. The Labute approximate surface area is 179 Å². The molecule has 0 saturated carbocycles. The first kappa shape index (κ1) is 28.1. The molecular weight excluding hydrogens is 344 g/mol. The molecule has 0 heterocycles. The van der Waals surface area contributed by atoms with Gasteiger partial charge in [-0.1, -0.05) is 96.8 Å². The zero-order valence-electron chi connectivity index (χ0n) is 14.7. The van der Waals surface area contributed by atoms with Crippen LogP contribution in [0.2, 0.25) is 0 Å². The molecule has 0 amide bonds. The molecule has 0 aromatic rings. The van der Waals surface area contributed by atoms with E-state index in [0.29, 0.717) is 6.42 Å². The van der Waals surface area contributed by atoms with Crippen molar-refractivity contribution in [2.75, 3.05) is 0 Å². The van der Waals surface area contributed by atoms with E-state index in [1.54, 1.807) is 0 Å². The van der Waals surface area contributed by atoms with Gasteiger partial charge in [0.25, 0.3) is 0 Å². The molecule has 1 N–H and O–H groups in total. The van der Waals surface area contributed by atoms with Gasteiger partial charge >= 0.3 is 5.97 Å². The molecule has 0 spiro atoms. The number of carbonyl (C=O) groups is 1. The summed E-state index contributed by atoms with van der Waals surface area (Å²) in [6.07, 6.45) is 20.2. The van der Waals surface area contributed by atoms with E-state index >= 15 is 0 Å². The standard InChI is InChI=1S/C18H36O2.Ca.Fe/c1-2-3-4-5-6-7-8-9-10-11-12-13-14-15-16-17-18(19)20;;/h2-17H2,1H3,(H,19,20);;. The number of hydrogen-bond donors (Lipinski definition) is 1. The predicted octanol–water partition coefficient (Wildman–Crippen LogP) is 5.95. The number of carboxylic acid groups (broad SMARTS) is 1. The van der Waals surface area contributed by atoms with Crippen molar-refractivity contribution in [2.24, 2.45) is 0 Å². The minimum absolute atomic E-state index is 0. The normalized spacial score (nSPS) is 9.86. The second kappa shape index (κ2) is 24.5. The quantitative estimate of drug-likeness (QED) is 0.265. The van der Waals surface area contributed by atoms with E-state index in [0.717, 1.165) is 12.8 Å². The molecule has 22 heavy (non-hydrogen) atoms. The third-order valence-corrected chi connectivity index (χ3v) is 3.99. The molecule has 130 valence electrons. The van der Waals surface area contributed by atoms with Gasteiger partial charge in [-0.15, -0.1) is 0 Å². The van der Waals surface area contributed by atoms with Crippen molar-refractivity contribution in [3.63, 3.8) is 0 Å². The third kappa shape index (κ3) is 26.2. The summed E-state index contributed by atoms with van der Waals surface area (Å²) < 4.78 is 0. The molecule has 0 aromatic heterocycles. The van der Waals surface area contributed by atoms with E-state index in [1.165, 1.54) is 83.5 Å². The number of hydrogen-bond acceptors (Lipinski definition) is 1. The molecule has 0 unspecified atom stereocenters. The van der Waals surface area contributed by atoms with Gasteiger partial charge < -0.3 is 5.11 Å². The van der Waals surface area contributed by atoms with Crippen LogP contribution in [-0.4, -0.2) is 48.8 Å². The van der Waals surface area contributed by atoms with E-state index in [1.807, 2.05) is 0 Å². The van der Waals surface area contributed by atoms with Crippen LogP contribution in [0.5, 0.6) is 0 Å².